The summed E-state index contributed by atoms with van der Waals surface area (Å²) < 4.78 is 5.60. The van der Waals surface area contributed by atoms with Gasteiger partial charge in [-0.2, -0.15) is 5.10 Å². The molecule has 0 atom stereocenters. The highest BCUT2D eigenvalue weighted by Crippen LogP contribution is 2.11. The van der Waals surface area contributed by atoms with Gasteiger partial charge in [0.15, 0.2) is 0 Å². The zero-order valence-electron chi connectivity index (χ0n) is 13.6. The monoisotopic (exact) mass is 310 g/mol. The van der Waals surface area contributed by atoms with Crippen LogP contribution in [0.5, 0.6) is 5.75 Å². The molecular weight excluding hydrogens is 288 g/mol. The molecule has 0 heterocycles. The summed E-state index contributed by atoms with van der Waals surface area (Å²) in [5, 5.41) is 4.00. The van der Waals surface area contributed by atoms with E-state index in [9.17, 15) is 4.79 Å². The molecule has 1 N–H and O–H groups in total. The largest absolute Gasteiger partial charge is 0.494 e. The van der Waals surface area contributed by atoms with E-state index in [1.807, 2.05) is 49.4 Å². The van der Waals surface area contributed by atoms with Gasteiger partial charge in [-0.1, -0.05) is 31.5 Å². The number of nitrogens with one attached hydrogen (secondary N) is 1. The normalized spacial score (nSPS) is 10.7. The molecule has 120 valence electrons. The van der Waals surface area contributed by atoms with E-state index in [4.69, 9.17) is 4.74 Å². The van der Waals surface area contributed by atoms with Crippen LogP contribution >= 0.6 is 0 Å². The van der Waals surface area contributed by atoms with Gasteiger partial charge in [-0.05, 0) is 54.8 Å². The summed E-state index contributed by atoms with van der Waals surface area (Å²) in [6.45, 7) is 4.76. The number of aryl methyl sites for hydroxylation is 1. The highest BCUT2D eigenvalue weighted by Gasteiger charge is 2.06. The van der Waals surface area contributed by atoms with Gasteiger partial charge in [-0.3, -0.25) is 4.79 Å². The molecule has 0 saturated carbocycles. The second kappa shape index (κ2) is 8.73. The van der Waals surface area contributed by atoms with Gasteiger partial charge in [0.05, 0.1) is 12.8 Å². The molecular formula is C19H22N2O2. The molecule has 2 aromatic rings. The first kappa shape index (κ1) is 16.7. The van der Waals surface area contributed by atoms with E-state index in [-0.39, 0.29) is 5.91 Å². The molecule has 0 saturated heterocycles. The Morgan fingerprint density at radius 3 is 2.61 bits per heavy atom. The van der Waals surface area contributed by atoms with Crippen molar-refractivity contribution in [1.82, 2.24) is 5.43 Å². The van der Waals surface area contributed by atoms with E-state index in [0.717, 1.165) is 36.3 Å². The molecule has 0 bridgehead atoms. The van der Waals surface area contributed by atoms with Crippen molar-refractivity contribution in [3.8, 4) is 5.75 Å². The molecule has 0 aromatic heterocycles. The van der Waals surface area contributed by atoms with Crippen LogP contribution in [0.2, 0.25) is 0 Å². The molecule has 1 amide bonds. The topological polar surface area (TPSA) is 50.7 Å². The Morgan fingerprint density at radius 2 is 1.91 bits per heavy atom. The van der Waals surface area contributed by atoms with Crippen molar-refractivity contribution >= 4 is 12.1 Å². The highest BCUT2D eigenvalue weighted by molar-refractivity contribution is 5.96. The number of hydrogen-bond acceptors (Lipinski definition) is 3. The standard InChI is InChI=1S/C19H22N2O2/c1-3-4-13-23-17-11-9-16(10-12-17)14-20-21-19(22)18-8-6-5-7-15(18)2/h5-12,14H,3-4,13H2,1-2H3,(H,21,22)/b20-14-. The lowest BCUT2D eigenvalue weighted by atomic mass is 10.1. The molecule has 0 radical (unpaired) electrons. The van der Waals surface area contributed by atoms with Crippen molar-refractivity contribution in [2.24, 2.45) is 5.10 Å². The Hall–Kier alpha value is -2.62. The Balaban J connectivity index is 1.88. The molecule has 0 spiro atoms. The summed E-state index contributed by atoms with van der Waals surface area (Å²) in [7, 11) is 0. The molecule has 4 nitrogen and oxygen atoms in total. The second-order valence-corrected chi connectivity index (χ2v) is 5.29. The fourth-order valence-corrected chi connectivity index (χ4v) is 2.04. The van der Waals surface area contributed by atoms with E-state index < -0.39 is 0 Å². The lowest BCUT2D eigenvalue weighted by Gasteiger charge is -2.05. The zero-order chi connectivity index (χ0) is 16.5. The van der Waals surface area contributed by atoms with Crippen molar-refractivity contribution in [1.29, 1.82) is 0 Å². The third kappa shape index (κ3) is 5.25. The maximum Gasteiger partial charge on any atom is 0.271 e. The number of amides is 1. The fourth-order valence-electron chi connectivity index (χ4n) is 2.04. The SMILES string of the molecule is CCCCOc1ccc(/C=N\NC(=O)c2ccccc2C)cc1. The number of nitrogens with zero attached hydrogens (tertiary/aromatic N) is 1. The maximum absolute atomic E-state index is 12.0. The van der Waals surface area contributed by atoms with Crippen LogP contribution in [0.25, 0.3) is 0 Å². The predicted octanol–water partition coefficient (Wildman–Crippen LogP) is 3.94. The van der Waals surface area contributed by atoms with Gasteiger partial charge in [0.2, 0.25) is 0 Å². The number of ether oxygens (including phenoxy) is 1. The van der Waals surface area contributed by atoms with Gasteiger partial charge < -0.3 is 4.74 Å². The molecule has 2 aromatic carbocycles. The number of unbranched alkanes of at least 4 members (excludes halogenated alkanes) is 1. The Labute approximate surface area is 137 Å². The average Bonchev–Trinajstić information content (AvgIpc) is 2.57. The summed E-state index contributed by atoms with van der Waals surface area (Å²) in [5.41, 5.74) is 5.00. The summed E-state index contributed by atoms with van der Waals surface area (Å²) in [5.74, 6) is 0.637. The van der Waals surface area contributed by atoms with Crippen LogP contribution in [0, 0.1) is 6.92 Å². The van der Waals surface area contributed by atoms with Crippen molar-refractivity contribution in [2.75, 3.05) is 6.61 Å². The van der Waals surface area contributed by atoms with Crippen LogP contribution in [-0.2, 0) is 0 Å². The van der Waals surface area contributed by atoms with E-state index in [1.165, 1.54) is 0 Å². The Bertz CT molecular complexity index is 663. The quantitative estimate of drug-likeness (QED) is 0.478. The first-order valence-electron chi connectivity index (χ1n) is 7.82. The molecule has 2 rings (SSSR count). The maximum atomic E-state index is 12.0. The second-order valence-electron chi connectivity index (χ2n) is 5.29. The minimum atomic E-state index is -0.209. The van der Waals surface area contributed by atoms with Crippen molar-refractivity contribution in [3.63, 3.8) is 0 Å². The molecule has 0 aliphatic rings. The van der Waals surface area contributed by atoms with Crippen LogP contribution in [-0.4, -0.2) is 18.7 Å². The third-order valence-corrected chi connectivity index (χ3v) is 3.42. The number of benzene rings is 2. The smallest absolute Gasteiger partial charge is 0.271 e. The van der Waals surface area contributed by atoms with Crippen LogP contribution in [0.3, 0.4) is 0 Å². The molecule has 0 aliphatic carbocycles. The van der Waals surface area contributed by atoms with Crippen LogP contribution in [0.1, 0.15) is 41.3 Å². The predicted molar refractivity (Wildman–Crippen MR) is 93.1 cm³/mol. The van der Waals surface area contributed by atoms with Crippen molar-refractivity contribution in [3.05, 3.63) is 65.2 Å². The Kier molecular flexibility index (Phi) is 6.36. The first-order chi connectivity index (χ1) is 11.2. The van der Waals surface area contributed by atoms with Gasteiger partial charge in [-0.25, -0.2) is 5.43 Å². The number of hydrazone groups is 1. The Morgan fingerprint density at radius 1 is 1.17 bits per heavy atom. The fraction of sp³-hybridized carbons (Fsp3) is 0.263. The molecule has 4 heteroatoms. The summed E-state index contributed by atoms with van der Waals surface area (Å²) in [6, 6.07) is 15.0. The van der Waals surface area contributed by atoms with E-state index in [0.29, 0.717) is 5.56 Å². The van der Waals surface area contributed by atoms with Gasteiger partial charge >= 0.3 is 0 Å². The zero-order valence-corrected chi connectivity index (χ0v) is 13.6. The molecule has 0 unspecified atom stereocenters. The van der Waals surface area contributed by atoms with Crippen LogP contribution in [0.15, 0.2) is 53.6 Å². The van der Waals surface area contributed by atoms with E-state index >= 15 is 0 Å². The number of hydrogen-bond donors (Lipinski definition) is 1. The summed E-state index contributed by atoms with van der Waals surface area (Å²) in [4.78, 5) is 12.0. The number of carbonyl (C=O) groups is 1. The van der Waals surface area contributed by atoms with Crippen molar-refractivity contribution < 1.29 is 9.53 Å². The summed E-state index contributed by atoms with van der Waals surface area (Å²) >= 11 is 0. The van der Waals surface area contributed by atoms with Crippen LogP contribution in [0.4, 0.5) is 0 Å². The lowest BCUT2D eigenvalue weighted by molar-refractivity contribution is 0.0954. The van der Waals surface area contributed by atoms with Gasteiger partial charge in [0.25, 0.3) is 5.91 Å². The third-order valence-electron chi connectivity index (χ3n) is 3.42. The number of rotatable bonds is 7. The highest BCUT2D eigenvalue weighted by atomic mass is 16.5. The summed E-state index contributed by atoms with van der Waals surface area (Å²) in [6.07, 6.45) is 3.78. The minimum absolute atomic E-state index is 0.209. The van der Waals surface area contributed by atoms with E-state index in [2.05, 4.69) is 17.5 Å². The molecule has 0 aliphatic heterocycles. The van der Waals surface area contributed by atoms with Gasteiger partial charge in [0, 0.05) is 5.56 Å². The lowest BCUT2D eigenvalue weighted by Crippen LogP contribution is -2.18. The molecule has 23 heavy (non-hydrogen) atoms. The van der Waals surface area contributed by atoms with Crippen molar-refractivity contribution in [2.45, 2.75) is 26.7 Å². The number of carbonyl (C=O) groups excluding carboxylic acids is 1. The van der Waals surface area contributed by atoms with Crippen LogP contribution < -0.4 is 10.2 Å². The average molecular weight is 310 g/mol. The van der Waals surface area contributed by atoms with Gasteiger partial charge in [0.1, 0.15) is 5.75 Å². The van der Waals surface area contributed by atoms with Gasteiger partial charge in [-0.15, -0.1) is 0 Å². The first-order valence-corrected chi connectivity index (χ1v) is 7.82. The molecule has 0 fully saturated rings. The van der Waals surface area contributed by atoms with E-state index in [1.54, 1.807) is 12.3 Å². The minimum Gasteiger partial charge on any atom is -0.494 e.